The number of hydrogen-bond acceptors (Lipinski definition) is 6. The van der Waals surface area contributed by atoms with Gasteiger partial charge >= 0.3 is 0 Å². The van der Waals surface area contributed by atoms with E-state index in [1.807, 2.05) is 0 Å². The van der Waals surface area contributed by atoms with Crippen LogP contribution in [0.25, 0.3) is 11.2 Å². The van der Waals surface area contributed by atoms with E-state index in [4.69, 9.17) is 10.9 Å². The normalized spacial score (nSPS) is 12.2. The topological polar surface area (TPSA) is 116 Å². The highest BCUT2D eigenvalue weighted by molar-refractivity contribution is 5.84. The fourth-order valence-electron chi connectivity index (χ4n) is 2.02. The number of anilines is 1. The van der Waals surface area contributed by atoms with Gasteiger partial charge in [-0.1, -0.05) is 19.0 Å². The highest BCUT2D eigenvalue weighted by atomic mass is 16.4. The van der Waals surface area contributed by atoms with Crippen molar-refractivity contribution in [3.05, 3.63) is 12.7 Å². The van der Waals surface area contributed by atoms with Crippen LogP contribution in [-0.2, 0) is 0 Å². The Morgan fingerprint density at radius 2 is 2.25 bits per heavy atom. The smallest absolute Gasteiger partial charge is 0.182 e. The Morgan fingerprint density at radius 1 is 1.45 bits per heavy atom. The maximum absolute atomic E-state index is 8.64. The minimum Gasteiger partial charge on any atom is -0.409 e. The number of amidine groups is 1. The zero-order chi connectivity index (χ0) is 14.5. The van der Waals surface area contributed by atoms with Gasteiger partial charge in [0.05, 0.1) is 6.33 Å². The van der Waals surface area contributed by atoms with Crippen molar-refractivity contribution in [3.8, 4) is 0 Å². The molecule has 2 aromatic rings. The fourth-order valence-corrected chi connectivity index (χ4v) is 2.02. The van der Waals surface area contributed by atoms with E-state index in [2.05, 4.69) is 43.8 Å². The Morgan fingerprint density at radius 3 is 2.95 bits per heavy atom. The Hall–Kier alpha value is -2.38. The first-order valence-corrected chi connectivity index (χ1v) is 6.47. The number of nitrogens with zero attached hydrogens (tertiary/aromatic N) is 5. The fraction of sp³-hybridized carbons (Fsp3) is 0.500. The van der Waals surface area contributed by atoms with Crippen LogP contribution in [0.15, 0.2) is 17.8 Å². The second-order valence-electron chi connectivity index (χ2n) is 4.98. The predicted octanol–water partition coefficient (Wildman–Crippen LogP) is 0.952. The van der Waals surface area contributed by atoms with Crippen LogP contribution >= 0.6 is 0 Å². The van der Waals surface area contributed by atoms with Gasteiger partial charge in [-0.2, -0.15) is 0 Å². The Bertz CT molecular complexity index is 592. The molecule has 4 N–H and O–H groups in total. The molecule has 0 aliphatic heterocycles. The minimum atomic E-state index is 0.202. The zero-order valence-electron chi connectivity index (χ0n) is 11.6. The molecule has 0 atom stereocenters. The van der Waals surface area contributed by atoms with Gasteiger partial charge in [0.2, 0.25) is 0 Å². The van der Waals surface area contributed by atoms with Crippen molar-refractivity contribution < 1.29 is 5.21 Å². The lowest BCUT2D eigenvalue weighted by molar-refractivity contribution is 0.317. The number of fused-ring (bicyclic) bond motifs is 1. The lowest BCUT2D eigenvalue weighted by Gasteiger charge is -2.25. The summed E-state index contributed by atoms with van der Waals surface area (Å²) < 4.78 is 0. The lowest BCUT2D eigenvalue weighted by Crippen LogP contribution is -2.32. The third-order valence-corrected chi connectivity index (χ3v) is 2.85. The first kappa shape index (κ1) is 14.0. The van der Waals surface area contributed by atoms with Crippen molar-refractivity contribution >= 4 is 22.8 Å². The summed E-state index contributed by atoms with van der Waals surface area (Å²) in [6.07, 6.45) is 3.55. The van der Waals surface area contributed by atoms with E-state index in [1.165, 1.54) is 6.33 Å². The largest absolute Gasteiger partial charge is 0.409 e. The van der Waals surface area contributed by atoms with Crippen LogP contribution < -0.4 is 10.6 Å². The molecule has 0 radical (unpaired) electrons. The van der Waals surface area contributed by atoms with E-state index in [1.54, 1.807) is 6.33 Å². The molecule has 20 heavy (non-hydrogen) atoms. The summed E-state index contributed by atoms with van der Waals surface area (Å²) in [7, 11) is 0. The number of aromatic nitrogens is 4. The van der Waals surface area contributed by atoms with Crippen LogP contribution in [-0.4, -0.2) is 44.1 Å². The van der Waals surface area contributed by atoms with Gasteiger partial charge in [-0.05, 0) is 5.92 Å². The molecule has 2 aromatic heterocycles. The van der Waals surface area contributed by atoms with Crippen molar-refractivity contribution in [2.24, 2.45) is 16.8 Å². The van der Waals surface area contributed by atoms with E-state index >= 15 is 0 Å². The molecule has 8 nitrogen and oxygen atoms in total. The third-order valence-electron chi connectivity index (χ3n) is 2.85. The van der Waals surface area contributed by atoms with Gasteiger partial charge in [0.25, 0.3) is 0 Å². The summed E-state index contributed by atoms with van der Waals surface area (Å²) in [5.74, 6) is 1.44. The second-order valence-corrected chi connectivity index (χ2v) is 4.98. The van der Waals surface area contributed by atoms with Crippen molar-refractivity contribution in [3.63, 3.8) is 0 Å². The molecular weight excluding hydrogens is 258 g/mol. The lowest BCUT2D eigenvalue weighted by atomic mass is 10.2. The van der Waals surface area contributed by atoms with Crippen LogP contribution in [0.2, 0.25) is 0 Å². The van der Waals surface area contributed by atoms with E-state index in [0.717, 1.165) is 17.9 Å². The van der Waals surface area contributed by atoms with Crippen molar-refractivity contribution in [2.75, 3.05) is 18.0 Å². The van der Waals surface area contributed by atoms with Crippen molar-refractivity contribution in [2.45, 2.75) is 20.3 Å². The molecule has 0 unspecified atom stereocenters. The maximum atomic E-state index is 8.64. The van der Waals surface area contributed by atoms with E-state index in [9.17, 15) is 0 Å². The zero-order valence-corrected chi connectivity index (χ0v) is 11.6. The highest BCUT2D eigenvalue weighted by Crippen LogP contribution is 2.20. The number of aromatic amines is 1. The standard InChI is InChI=1S/C12H19N7O/c1-8(2)5-19(4-3-9(13)18-20)12-10-11(15-6-14-10)16-7-17-12/h6-8,20H,3-5H2,1-2H3,(H2,13,18)(H,14,15,16,17). The summed E-state index contributed by atoms with van der Waals surface area (Å²) in [5, 5.41) is 11.6. The van der Waals surface area contributed by atoms with Gasteiger partial charge in [-0.3, -0.25) is 0 Å². The number of oxime groups is 1. The summed E-state index contributed by atoms with van der Waals surface area (Å²) in [5.41, 5.74) is 6.97. The molecule has 2 heterocycles. The molecule has 8 heteroatoms. The highest BCUT2D eigenvalue weighted by Gasteiger charge is 2.15. The van der Waals surface area contributed by atoms with Crippen LogP contribution in [0, 0.1) is 5.92 Å². The second kappa shape index (κ2) is 6.18. The average Bonchev–Trinajstić information content (AvgIpc) is 2.90. The maximum Gasteiger partial charge on any atom is 0.182 e. The monoisotopic (exact) mass is 277 g/mol. The molecule has 0 bridgehead atoms. The molecular formula is C12H19N7O. The van der Waals surface area contributed by atoms with Crippen LogP contribution in [0.3, 0.4) is 0 Å². The van der Waals surface area contributed by atoms with Crippen LogP contribution in [0.1, 0.15) is 20.3 Å². The first-order valence-electron chi connectivity index (χ1n) is 6.47. The number of nitrogens with two attached hydrogens (primary N) is 1. The number of hydrogen-bond donors (Lipinski definition) is 3. The number of nitrogens with one attached hydrogen (secondary N) is 1. The number of imidazole rings is 1. The van der Waals surface area contributed by atoms with E-state index in [-0.39, 0.29) is 5.84 Å². The van der Waals surface area contributed by atoms with E-state index in [0.29, 0.717) is 24.5 Å². The third kappa shape index (κ3) is 3.14. The summed E-state index contributed by atoms with van der Waals surface area (Å²) in [4.78, 5) is 17.7. The predicted molar refractivity (Wildman–Crippen MR) is 76.8 cm³/mol. The molecule has 108 valence electrons. The van der Waals surface area contributed by atoms with Gasteiger partial charge in [0.15, 0.2) is 11.5 Å². The molecule has 0 aromatic carbocycles. The summed E-state index contributed by atoms with van der Waals surface area (Å²) in [6, 6.07) is 0. The van der Waals surface area contributed by atoms with Gasteiger partial charge in [0, 0.05) is 19.5 Å². The molecule has 0 fully saturated rings. The van der Waals surface area contributed by atoms with Gasteiger partial charge in [-0.15, -0.1) is 0 Å². The van der Waals surface area contributed by atoms with Gasteiger partial charge < -0.3 is 20.8 Å². The molecule has 0 saturated carbocycles. The number of H-pyrrole nitrogens is 1. The van der Waals surface area contributed by atoms with Gasteiger partial charge in [0.1, 0.15) is 17.7 Å². The Labute approximate surface area is 116 Å². The molecule has 0 amide bonds. The van der Waals surface area contributed by atoms with E-state index < -0.39 is 0 Å². The molecule has 0 spiro atoms. The summed E-state index contributed by atoms with van der Waals surface area (Å²) in [6.45, 7) is 5.67. The van der Waals surface area contributed by atoms with Crippen molar-refractivity contribution in [1.29, 1.82) is 0 Å². The quantitative estimate of drug-likeness (QED) is 0.313. The van der Waals surface area contributed by atoms with Crippen molar-refractivity contribution in [1.82, 2.24) is 19.9 Å². The summed E-state index contributed by atoms with van der Waals surface area (Å²) >= 11 is 0. The molecule has 2 rings (SSSR count). The number of rotatable bonds is 6. The first-order chi connectivity index (χ1) is 9.61. The average molecular weight is 277 g/mol. The van der Waals surface area contributed by atoms with Crippen LogP contribution in [0.5, 0.6) is 0 Å². The Balaban J connectivity index is 2.27. The minimum absolute atomic E-state index is 0.202. The van der Waals surface area contributed by atoms with Crippen LogP contribution in [0.4, 0.5) is 5.82 Å². The molecule has 0 aliphatic carbocycles. The van der Waals surface area contributed by atoms with Gasteiger partial charge in [-0.25, -0.2) is 15.0 Å². The SMILES string of the molecule is CC(C)CN(CCC(N)=NO)c1ncnc2nc[nH]c12. The molecule has 0 saturated heterocycles. The molecule has 0 aliphatic rings. The Kier molecular flexibility index (Phi) is 4.34.